The van der Waals surface area contributed by atoms with E-state index in [0.29, 0.717) is 16.7 Å². The van der Waals surface area contributed by atoms with Crippen molar-refractivity contribution in [3.05, 3.63) is 29.5 Å². The number of piperidine rings is 1. The number of nitrogens with one attached hydrogen (secondary N) is 1. The number of hydrogen-bond acceptors (Lipinski definition) is 8. The van der Waals surface area contributed by atoms with Crippen LogP contribution in [0.4, 0.5) is 4.39 Å². The first-order chi connectivity index (χ1) is 18.4. The fourth-order valence-corrected chi connectivity index (χ4v) is 6.85. The molecule has 3 saturated carbocycles. The smallest absolute Gasteiger partial charge is 0.225 e. The Kier molecular flexibility index (Phi) is 6.69. The van der Waals surface area contributed by atoms with Crippen molar-refractivity contribution in [1.82, 2.24) is 29.2 Å². The van der Waals surface area contributed by atoms with E-state index in [1.807, 2.05) is 36.6 Å². The van der Waals surface area contributed by atoms with E-state index in [0.717, 1.165) is 66.0 Å². The van der Waals surface area contributed by atoms with Crippen LogP contribution in [0.5, 0.6) is 0 Å². The molecular formula is C27H32FN7OS2. The topological polar surface area (TPSA) is 99.2 Å². The molecule has 4 aliphatic rings. The molecule has 0 radical (unpaired) electrons. The quantitative estimate of drug-likeness (QED) is 0.410. The number of carbonyl (C=O) groups excluding carboxylic acids is 1. The third-order valence-corrected chi connectivity index (χ3v) is 10.2. The van der Waals surface area contributed by atoms with Gasteiger partial charge in [0.25, 0.3) is 0 Å². The molecule has 0 bridgehead atoms. The lowest BCUT2D eigenvalue weighted by Gasteiger charge is -2.27. The van der Waals surface area contributed by atoms with Gasteiger partial charge >= 0.3 is 0 Å². The number of hydrogen-bond donors (Lipinski definition) is 1. The summed E-state index contributed by atoms with van der Waals surface area (Å²) in [5.41, 5.74) is 0.175. The third kappa shape index (κ3) is 5.06. The van der Waals surface area contributed by atoms with Crippen molar-refractivity contribution in [2.75, 3.05) is 19.8 Å². The molecule has 2 atom stereocenters. The Balaban J connectivity index is 0.000000184. The molecule has 3 aliphatic carbocycles. The van der Waals surface area contributed by atoms with Gasteiger partial charge in [0.05, 0.1) is 23.3 Å². The summed E-state index contributed by atoms with van der Waals surface area (Å²) in [5, 5.41) is 19.3. The van der Waals surface area contributed by atoms with Crippen LogP contribution in [0.3, 0.4) is 0 Å². The molecule has 200 valence electrons. The summed E-state index contributed by atoms with van der Waals surface area (Å²) in [6.45, 7) is 5.69. The van der Waals surface area contributed by atoms with Gasteiger partial charge in [-0.15, -0.1) is 10.2 Å². The summed E-state index contributed by atoms with van der Waals surface area (Å²) in [4.78, 5) is 19.1. The number of rotatable bonds is 7. The zero-order chi connectivity index (χ0) is 26.5. The zero-order valence-corrected chi connectivity index (χ0v) is 23.3. The van der Waals surface area contributed by atoms with Crippen LogP contribution in [0.2, 0.25) is 0 Å². The molecule has 1 aliphatic heterocycles. The number of nitriles is 1. The number of carbonyl (C=O) groups is 1. The summed E-state index contributed by atoms with van der Waals surface area (Å²) in [6.07, 6.45) is 9.85. The average molecular weight is 554 g/mol. The molecule has 7 rings (SSSR count). The van der Waals surface area contributed by atoms with E-state index >= 15 is 0 Å². The first kappa shape index (κ1) is 25.7. The minimum absolute atomic E-state index is 0.181. The number of aromatic nitrogens is 4. The van der Waals surface area contributed by atoms with Crippen molar-refractivity contribution in [3.8, 4) is 16.9 Å². The lowest BCUT2D eigenvalue weighted by Crippen LogP contribution is -2.39. The van der Waals surface area contributed by atoms with Gasteiger partial charge in [0.2, 0.25) is 5.91 Å². The summed E-state index contributed by atoms with van der Waals surface area (Å²) in [7, 11) is 0. The van der Waals surface area contributed by atoms with Crippen molar-refractivity contribution in [3.63, 3.8) is 0 Å². The molecule has 1 N–H and O–H groups in total. The SMILES string of the molecule is CC(C)C(=O)N1CCC2CC2C1.N#CC1(c2nnc(-c3ncc4ccc(SNC5(CF)CC5)cn34)s2)CC1. The van der Waals surface area contributed by atoms with Gasteiger partial charge in [0, 0.05) is 30.1 Å². The molecule has 11 heteroatoms. The van der Waals surface area contributed by atoms with Crippen LogP contribution in [0, 0.1) is 29.1 Å². The van der Waals surface area contributed by atoms with E-state index in [1.165, 1.54) is 36.1 Å². The molecule has 4 fully saturated rings. The fourth-order valence-electron chi connectivity index (χ4n) is 4.92. The summed E-state index contributed by atoms with van der Waals surface area (Å²) in [6, 6.07) is 6.33. The summed E-state index contributed by atoms with van der Waals surface area (Å²) in [5.74, 6) is 3.08. The second-order valence-electron chi connectivity index (χ2n) is 11.4. The van der Waals surface area contributed by atoms with Crippen molar-refractivity contribution in [1.29, 1.82) is 5.26 Å². The highest BCUT2D eigenvalue weighted by atomic mass is 32.2. The number of fused-ring (bicyclic) bond motifs is 2. The Morgan fingerprint density at radius 2 is 2.11 bits per heavy atom. The van der Waals surface area contributed by atoms with Crippen molar-refractivity contribution >= 4 is 34.7 Å². The lowest BCUT2D eigenvalue weighted by molar-refractivity contribution is -0.135. The number of amides is 1. The minimum Gasteiger partial charge on any atom is -0.342 e. The molecule has 3 aromatic rings. The standard InChI is InChI=1S/C17H15FN6S2.C10H17NO/c18-9-17(5-6-17)23-26-12-2-1-11-7-20-13(24(11)8-12)14-21-22-15(25-14)16(10-19)3-4-16;1-7(2)10(12)11-4-3-8-5-9(8)6-11/h1-2,7-8,23H,3-6,9H2;7-9H,3-6H2,1-2H3. The molecule has 8 nitrogen and oxygen atoms in total. The average Bonchev–Trinajstić information content (AvgIpc) is 3.89. The maximum Gasteiger partial charge on any atom is 0.225 e. The van der Waals surface area contributed by atoms with Gasteiger partial charge in [-0.3, -0.25) is 13.9 Å². The highest BCUT2D eigenvalue weighted by Gasteiger charge is 2.48. The fraction of sp³-hybridized carbons (Fsp3) is 0.593. The number of likely N-dealkylation sites (tertiary alicyclic amines) is 1. The highest BCUT2D eigenvalue weighted by Crippen LogP contribution is 2.49. The predicted molar refractivity (Wildman–Crippen MR) is 145 cm³/mol. The van der Waals surface area contributed by atoms with Gasteiger partial charge in [0.1, 0.15) is 17.1 Å². The van der Waals surface area contributed by atoms with E-state index < -0.39 is 5.41 Å². The van der Waals surface area contributed by atoms with Gasteiger partial charge in [-0.1, -0.05) is 25.2 Å². The van der Waals surface area contributed by atoms with Gasteiger partial charge in [-0.05, 0) is 74.4 Å². The van der Waals surface area contributed by atoms with Crippen molar-refractivity contribution < 1.29 is 9.18 Å². The van der Waals surface area contributed by atoms with E-state index in [2.05, 4.69) is 30.9 Å². The molecule has 4 heterocycles. The van der Waals surface area contributed by atoms with Crippen LogP contribution in [0.25, 0.3) is 16.3 Å². The molecule has 2 unspecified atom stereocenters. The predicted octanol–water partition coefficient (Wildman–Crippen LogP) is 5.02. The maximum absolute atomic E-state index is 13.0. The minimum atomic E-state index is -0.432. The Bertz CT molecular complexity index is 1390. The van der Waals surface area contributed by atoms with Gasteiger partial charge in [0.15, 0.2) is 10.8 Å². The van der Waals surface area contributed by atoms with Gasteiger partial charge in [-0.25, -0.2) is 9.37 Å². The van der Waals surface area contributed by atoms with Crippen LogP contribution in [-0.2, 0) is 10.2 Å². The molecule has 1 saturated heterocycles. The number of pyridine rings is 1. The Morgan fingerprint density at radius 3 is 2.76 bits per heavy atom. The number of alkyl halides is 1. The zero-order valence-electron chi connectivity index (χ0n) is 21.7. The lowest BCUT2D eigenvalue weighted by atomic mass is 10.1. The second-order valence-corrected chi connectivity index (χ2v) is 13.3. The Hall–Kier alpha value is -2.55. The molecule has 3 aromatic heterocycles. The van der Waals surface area contributed by atoms with E-state index in [1.54, 1.807) is 6.20 Å². The third-order valence-electron chi connectivity index (χ3n) is 8.08. The van der Waals surface area contributed by atoms with Crippen LogP contribution in [-0.4, -0.2) is 55.7 Å². The number of nitrogens with zero attached hydrogens (tertiary/aromatic N) is 6. The van der Waals surface area contributed by atoms with Crippen LogP contribution >= 0.6 is 23.3 Å². The Labute approximate surface area is 230 Å². The molecule has 0 spiro atoms. The summed E-state index contributed by atoms with van der Waals surface area (Å²) < 4.78 is 18.2. The van der Waals surface area contributed by atoms with Gasteiger partial charge in [-0.2, -0.15) is 5.26 Å². The van der Waals surface area contributed by atoms with Gasteiger partial charge < -0.3 is 4.90 Å². The van der Waals surface area contributed by atoms with E-state index in [4.69, 9.17) is 0 Å². The molecule has 0 aromatic carbocycles. The van der Waals surface area contributed by atoms with Crippen molar-refractivity contribution in [2.45, 2.75) is 68.2 Å². The first-order valence-corrected chi connectivity index (χ1v) is 15.0. The molecular weight excluding hydrogens is 521 g/mol. The largest absolute Gasteiger partial charge is 0.342 e. The summed E-state index contributed by atoms with van der Waals surface area (Å²) >= 11 is 2.88. The van der Waals surface area contributed by atoms with Crippen molar-refractivity contribution in [2.24, 2.45) is 17.8 Å². The first-order valence-electron chi connectivity index (χ1n) is 13.4. The van der Waals surface area contributed by atoms with E-state index in [9.17, 15) is 14.4 Å². The maximum atomic E-state index is 13.0. The molecule has 1 amide bonds. The molecule has 38 heavy (non-hydrogen) atoms. The number of imidazole rings is 1. The monoisotopic (exact) mass is 553 g/mol. The number of halogens is 1. The highest BCUT2D eigenvalue weighted by molar-refractivity contribution is 7.97. The van der Waals surface area contributed by atoms with Crippen LogP contribution < -0.4 is 4.72 Å². The normalized spacial score (nSPS) is 23.8. The second kappa shape index (κ2) is 9.88. The van der Waals surface area contributed by atoms with Crippen LogP contribution in [0.1, 0.15) is 57.4 Å². The van der Waals surface area contributed by atoms with E-state index in [-0.39, 0.29) is 18.1 Å². The van der Waals surface area contributed by atoms with Crippen LogP contribution in [0.15, 0.2) is 29.4 Å². The Morgan fingerprint density at radius 1 is 1.29 bits per heavy atom.